The first-order valence-corrected chi connectivity index (χ1v) is 22.0. The van der Waals surface area contributed by atoms with E-state index in [1.54, 1.807) is 6.08 Å². The van der Waals surface area contributed by atoms with Gasteiger partial charge < -0.3 is 9.80 Å². The van der Waals surface area contributed by atoms with Gasteiger partial charge in [-0.3, -0.25) is 0 Å². The van der Waals surface area contributed by atoms with E-state index in [0.717, 1.165) is 111 Å². The molecule has 0 aliphatic carbocycles. The van der Waals surface area contributed by atoms with Gasteiger partial charge in [0.1, 0.15) is 0 Å². The Morgan fingerprint density at radius 3 is 1.58 bits per heavy atom. The number of anilines is 6. The molecule has 8 aromatic carbocycles. The molecule has 0 radical (unpaired) electrons. The molecule has 0 saturated heterocycles. The molecular weight excluding hydrogens is 789 g/mol. The van der Waals surface area contributed by atoms with Gasteiger partial charge in [0.2, 0.25) is 0 Å². The van der Waals surface area contributed by atoms with Crippen LogP contribution < -0.4 is 9.80 Å². The molecule has 0 fully saturated rings. The van der Waals surface area contributed by atoms with Crippen LogP contribution in [0, 0.1) is 0 Å². The molecule has 0 bridgehead atoms. The van der Waals surface area contributed by atoms with Gasteiger partial charge in [0.15, 0.2) is 0 Å². The van der Waals surface area contributed by atoms with Crippen LogP contribution in [0.1, 0.15) is 34.7 Å². The van der Waals surface area contributed by atoms with Crippen LogP contribution in [0.15, 0.2) is 224 Å². The second-order valence-electron chi connectivity index (χ2n) is 16.3. The highest BCUT2D eigenvalue weighted by atomic mass is 15.2. The van der Waals surface area contributed by atoms with Crippen LogP contribution >= 0.6 is 0 Å². The van der Waals surface area contributed by atoms with Gasteiger partial charge in [-0.05, 0) is 124 Å². The number of hydrogen-bond donors (Lipinski definition) is 0. The fraction of sp³-hybridized carbons (Fsp3) is 0.0164. The van der Waals surface area contributed by atoms with Gasteiger partial charge in [0.05, 0.1) is 45.4 Å². The fourth-order valence-corrected chi connectivity index (χ4v) is 9.45. The Balaban J connectivity index is 1.27. The summed E-state index contributed by atoms with van der Waals surface area (Å²) in [5.74, 6) is 0. The highest BCUT2D eigenvalue weighted by Crippen LogP contribution is 2.48. The van der Waals surface area contributed by atoms with Crippen LogP contribution in [0.2, 0.25) is 0 Å². The van der Waals surface area contributed by atoms with Gasteiger partial charge in [0.25, 0.3) is 0 Å². The summed E-state index contributed by atoms with van der Waals surface area (Å²) in [6.07, 6.45) is 18.5. The zero-order valence-corrected chi connectivity index (χ0v) is 36.1. The minimum atomic E-state index is 0.624. The maximum absolute atomic E-state index is 5.43. The van der Waals surface area contributed by atoms with E-state index in [9.17, 15) is 0 Å². The Hall–Kier alpha value is -8.60. The van der Waals surface area contributed by atoms with Crippen molar-refractivity contribution in [2.24, 2.45) is 4.99 Å². The molecule has 4 heteroatoms. The molecule has 11 rings (SSSR count). The number of nitrogens with zero attached hydrogens (tertiary/aromatic N) is 4. The summed E-state index contributed by atoms with van der Waals surface area (Å²) in [5, 5.41) is 5.32. The largest absolute Gasteiger partial charge is 0.309 e. The van der Waals surface area contributed by atoms with Gasteiger partial charge in [-0.1, -0.05) is 165 Å². The number of hydrogen-bond acceptors (Lipinski definition) is 4. The van der Waals surface area contributed by atoms with Gasteiger partial charge in [0, 0.05) is 27.9 Å². The summed E-state index contributed by atoms with van der Waals surface area (Å²) in [7, 11) is 0. The molecule has 3 heterocycles. The van der Waals surface area contributed by atoms with Gasteiger partial charge >= 0.3 is 0 Å². The third-order valence-electron chi connectivity index (χ3n) is 12.3. The molecule has 9 aromatic rings. The Labute approximate surface area is 379 Å². The Bertz CT molecular complexity index is 3460. The Morgan fingerprint density at radius 1 is 0.523 bits per heavy atom. The highest BCUT2D eigenvalue weighted by Gasteiger charge is 2.26. The number of aromatic nitrogens is 1. The van der Waals surface area contributed by atoms with E-state index in [1.807, 2.05) is 19.1 Å². The van der Waals surface area contributed by atoms with E-state index in [-0.39, 0.29) is 0 Å². The minimum absolute atomic E-state index is 0.624. The second-order valence-corrected chi connectivity index (χ2v) is 16.3. The molecular formula is C61H44N4. The Morgan fingerprint density at radius 2 is 1.03 bits per heavy atom. The van der Waals surface area contributed by atoms with Crippen molar-refractivity contribution in [3.05, 3.63) is 247 Å². The SMILES string of the molecule is C=C/C=C\C(=C)N=C(/C=C/C)c1c2cc(N3c4ccccc4C=Cc4ccccc43)ccc2c(-c2ccc3ccccc3n2)c2cc(N3c4ccccc4C=Cc4ccccc43)ccc12. The predicted molar refractivity (Wildman–Crippen MR) is 279 cm³/mol. The molecule has 65 heavy (non-hydrogen) atoms. The molecule has 0 spiro atoms. The molecule has 0 N–H and O–H groups in total. The average molecular weight is 833 g/mol. The van der Waals surface area contributed by atoms with Gasteiger partial charge in [-0.15, -0.1) is 0 Å². The summed E-state index contributed by atoms with van der Waals surface area (Å²) in [4.78, 5) is 15.5. The molecule has 308 valence electrons. The van der Waals surface area contributed by atoms with Gasteiger partial charge in [-0.2, -0.15) is 0 Å². The summed E-state index contributed by atoms with van der Waals surface area (Å²) >= 11 is 0. The summed E-state index contributed by atoms with van der Waals surface area (Å²) in [6, 6.07) is 60.9. The number of allylic oxidation sites excluding steroid dienone is 5. The quantitative estimate of drug-likeness (QED) is 0.0868. The molecule has 0 atom stereocenters. The monoisotopic (exact) mass is 832 g/mol. The topological polar surface area (TPSA) is 31.7 Å². The number of para-hydroxylation sites is 5. The normalized spacial score (nSPS) is 13.2. The molecule has 0 saturated carbocycles. The molecule has 2 aliphatic rings. The smallest absolute Gasteiger partial charge is 0.0722 e. The van der Waals surface area contributed by atoms with Crippen molar-refractivity contribution in [1.29, 1.82) is 0 Å². The lowest BCUT2D eigenvalue weighted by molar-refractivity contribution is 1.28. The molecule has 4 nitrogen and oxygen atoms in total. The van der Waals surface area contributed by atoms with Crippen molar-refractivity contribution < 1.29 is 0 Å². The first kappa shape index (κ1) is 39.3. The van der Waals surface area contributed by atoms with Crippen molar-refractivity contribution in [2.45, 2.75) is 6.92 Å². The number of fused-ring (bicyclic) bond motifs is 7. The van der Waals surface area contributed by atoms with Crippen LogP contribution in [0.3, 0.4) is 0 Å². The van der Waals surface area contributed by atoms with Crippen molar-refractivity contribution in [3.8, 4) is 11.3 Å². The fourth-order valence-electron chi connectivity index (χ4n) is 9.45. The van der Waals surface area contributed by atoms with E-state index in [2.05, 4.69) is 229 Å². The Kier molecular flexibility index (Phi) is 10.0. The first-order valence-electron chi connectivity index (χ1n) is 22.0. The third kappa shape index (κ3) is 6.98. The zero-order chi connectivity index (χ0) is 43.9. The van der Waals surface area contributed by atoms with Crippen LogP contribution in [0.4, 0.5) is 34.1 Å². The molecule has 1 aromatic heterocycles. The summed E-state index contributed by atoms with van der Waals surface area (Å²) in [6.45, 7) is 10.3. The molecule has 2 aliphatic heterocycles. The molecule has 0 unspecified atom stereocenters. The second kappa shape index (κ2) is 16.6. The van der Waals surface area contributed by atoms with Crippen molar-refractivity contribution in [2.75, 3.05) is 9.80 Å². The van der Waals surface area contributed by atoms with Crippen molar-refractivity contribution >= 4 is 96.6 Å². The van der Waals surface area contributed by atoms with E-state index >= 15 is 0 Å². The minimum Gasteiger partial charge on any atom is -0.309 e. The van der Waals surface area contributed by atoms with Crippen LogP contribution in [-0.2, 0) is 0 Å². The van der Waals surface area contributed by atoms with E-state index in [0.29, 0.717) is 5.70 Å². The lowest BCUT2D eigenvalue weighted by atomic mass is 9.87. The predicted octanol–water partition coefficient (Wildman–Crippen LogP) is 16.7. The summed E-state index contributed by atoms with van der Waals surface area (Å²) < 4.78 is 0. The maximum atomic E-state index is 5.43. The van der Waals surface area contributed by atoms with Crippen LogP contribution in [0.5, 0.6) is 0 Å². The van der Waals surface area contributed by atoms with Gasteiger partial charge in [-0.25, -0.2) is 9.98 Å². The number of pyridine rings is 1. The van der Waals surface area contributed by atoms with Crippen LogP contribution in [0.25, 0.3) is 68.0 Å². The standard InChI is InChI=1S/C61H44N4/c1-4-6-18-41(3)62-54(17-5-2)60-49-36-34-48(65-58-27-15-10-22-45(58)31-32-46-23-11-16-28-59(46)65)40-52(49)61(55-38-33-42-19-7-12-24-53(42)63-55)50-37-35-47(39-51(50)60)64-56-25-13-8-20-43(56)29-30-44-21-9-14-26-57(44)64/h4-40H,1,3H2,2H3/b17-5+,18-6-,62-54?. The van der Waals surface area contributed by atoms with Crippen molar-refractivity contribution in [3.63, 3.8) is 0 Å². The maximum Gasteiger partial charge on any atom is 0.0722 e. The lowest BCUT2D eigenvalue weighted by Gasteiger charge is -2.29. The van der Waals surface area contributed by atoms with E-state index in [4.69, 9.17) is 9.98 Å². The lowest BCUT2D eigenvalue weighted by Crippen LogP contribution is -2.13. The number of rotatable bonds is 8. The average Bonchev–Trinajstić information content (AvgIpc) is 3.63. The highest BCUT2D eigenvalue weighted by molar-refractivity contribution is 6.29. The first-order chi connectivity index (χ1) is 32.1. The van der Waals surface area contributed by atoms with Crippen molar-refractivity contribution in [1.82, 2.24) is 4.98 Å². The molecule has 0 amide bonds. The third-order valence-corrected chi connectivity index (χ3v) is 12.3. The van der Waals surface area contributed by atoms with Crippen LogP contribution in [-0.4, -0.2) is 10.7 Å². The summed E-state index contributed by atoms with van der Waals surface area (Å²) in [5.41, 5.74) is 16.4. The zero-order valence-electron chi connectivity index (χ0n) is 36.1. The number of aliphatic imine (C=N–C) groups is 1. The van der Waals surface area contributed by atoms with E-state index < -0.39 is 0 Å². The van der Waals surface area contributed by atoms with E-state index in [1.165, 1.54) is 0 Å². The number of benzene rings is 8.